The van der Waals surface area contributed by atoms with Gasteiger partial charge < -0.3 is 9.84 Å². The molecule has 0 fully saturated rings. The second kappa shape index (κ2) is 5.66. The highest BCUT2D eigenvalue weighted by molar-refractivity contribution is 9.10. The normalized spacial score (nSPS) is 10.6. The van der Waals surface area contributed by atoms with Crippen LogP contribution in [-0.2, 0) is 6.54 Å². The lowest BCUT2D eigenvalue weighted by molar-refractivity contribution is 0.0688. The number of carboxylic acids is 1. The van der Waals surface area contributed by atoms with Gasteiger partial charge in [0.2, 0.25) is 0 Å². The van der Waals surface area contributed by atoms with Crippen LogP contribution in [-0.4, -0.2) is 28.0 Å². The standard InChI is InChI=1S/C14H15BrN2O3/c1-4-17-13(11(15)12(16-17)14(18)19)9-5-6-10(20-3)8(2)7-9/h5-7H,4H2,1-3H3,(H,18,19). The number of hydrogen-bond donors (Lipinski definition) is 1. The molecule has 2 aromatic rings. The molecule has 0 radical (unpaired) electrons. The monoisotopic (exact) mass is 338 g/mol. The van der Waals surface area contributed by atoms with E-state index in [0.29, 0.717) is 11.0 Å². The summed E-state index contributed by atoms with van der Waals surface area (Å²) in [4.78, 5) is 11.2. The van der Waals surface area contributed by atoms with E-state index in [1.165, 1.54) is 0 Å². The average molecular weight is 339 g/mol. The van der Waals surface area contributed by atoms with E-state index in [9.17, 15) is 4.79 Å². The van der Waals surface area contributed by atoms with Crippen molar-refractivity contribution in [3.63, 3.8) is 0 Å². The van der Waals surface area contributed by atoms with Crippen LogP contribution in [0.2, 0.25) is 0 Å². The SMILES string of the molecule is CCn1nc(C(=O)O)c(Br)c1-c1ccc(OC)c(C)c1. The molecule has 1 aromatic carbocycles. The molecular formula is C14H15BrN2O3. The molecule has 0 aliphatic rings. The fourth-order valence-electron chi connectivity index (χ4n) is 2.11. The van der Waals surface area contributed by atoms with Crippen LogP contribution < -0.4 is 4.74 Å². The second-order valence-electron chi connectivity index (χ2n) is 4.32. The number of halogens is 1. The Labute approximate surface area is 125 Å². The summed E-state index contributed by atoms with van der Waals surface area (Å²) in [7, 11) is 1.62. The number of aromatic nitrogens is 2. The first-order valence-corrected chi connectivity index (χ1v) is 6.93. The minimum absolute atomic E-state index is 0.0234. The van der Waals surface area contributed by atoms with Crippen molar-refractivity contribution in [3.8, 4) is 17.0 Å². The van der Waals surface area contributed by atoms with Crippen LogP contribution in [0.1, 0.15) is 23.0 Å². The van der Waals surface area contributed by atoms with Crippen LogP contribution in [0.15, 0.2) is 22.7 Å². The Morgan fingerprint density at radius 1 is 1.50 bits per heavy atom. The van der Waals surface area contributed by atoms with E-state index < -0.39 is 5.97 Å². The number of ether oxygens (including phenoxy) is 1. The number of aryl methyl sites for hydroxylation is 2. The molecule has 1 N–H and O–H groups in total. The van der Waals surface area contributed by atoms with Crippen LogP contribution >= 0.6 is 15.9 Å². The maximum atomic E-state index is 11.2. The van der Waals surface area contributed by atoms with Crippen molar-refractivity contribution in [1.82, 2.24) is 9.78 Å². The summed E-state index contributed by atoms with van der Waals surface area (Å²) in [6.07, 6.45) is 0. The van der Waals surface area contributed by atoms with Gasteiger partial charge in [-0.2, -0.15) is 5.10 Å². The number of rotatable bonds is 4. The molecule has 1 aromatic heterocycles. The minimum atomic E-state index is -1.05. The summed E-state index contributed by atoms with van der Waals surface area (Å²) >= 11 is 3.34. The quantitative estimate of drug-likeness (QED) is 0.928. The van der Waals surface area contributed by atoms with E-state index in [1.807, 2.05) is 32.0 Å². The summed E-state index contributed by atoms with van der Waals surface area (Å²) in [5, 5.41) is 13.3. The van der Waals surface area contributed by atoms with E-state index in [0.717, 1.165) is 22.6 Å². The Hall–Kier alpha value is -1.82. The van der Waals surface area contributed by atoms with Gasteiger partial charge in [-0.3, -0.25) is 4.68 Å². The Balaban J connectivity index is 2.62. The number of carbonyl (C=O) groups is 1. The smallest absolute Gasteiger partial charge is 0.357 e. The van der Waals surface area contributed by atoms with Gasteiger partial charge in [0.05, 0.1) is 17.3 Å². The van der Waals surface area contributed by atoms with Crippen molar-refractivity contribution in [1.29, 1.82) is 0 Å². The van der Waals surface area contributed by atoms with Crippen molar-refractivity contribution in [2.75, 3.05) is 7.11 Å². The molecule has 0 amide bonds. The molecular weight excluding hydrogens is 324 g/mol. The lowest BCUT2D eigenvalue weighted by Gasteiger charge is -2.09. The molecule has 0 saturated heterocycles. The number of aromatic carboxylic acids is 1. The van der Waals surface area contributed by atoms with Gasteiger partial charge in [0, 0.05) is 12.1 Å². The van der Waals surface area contributed by atoms with E-state index in [2.05, 4.69) is 21.0 Å². The van der Waals surface area contributed by atoms with Gasteiger partial charge in [-0.15, -0.1) is 0 Å². The Kier molecular flexibility index (Phi) is 4.13. The molecule has 2 rings (SSSR count). The average Bonchev–Trinajstić information content (AvgIpc) is 2.75. The van der Waals surface area contributed by atoms with Gasteiger partial charge >= 0.3 is 5.97 Å². The Morgan fingerprint density at radius 3 is 2.70 bits per heavy atom. The third-order valence-corrected chi connectivity index (χ3v) is 3.82. The third kappa shape index (κ3) is 2.43. The highest BCUT2D eigenvalue weighted by Gasteiger charge is 2.21. The predicted octanol–water partition coefficient (Wildman–Crippen LogP) is 3.35. The molecule has 106 valence electrons. The summed E-state index contributed by atoms with van der Waals surface area (Å²) in [6, 6.07) is 5.72. The van der Waals surface area contributed by atoms with E-state index in [1.54, 1.807) is 11.8 Å². The zero-order chi connectivity index (χ0) is 14.9. The van der Waals surface area contributed by atoms with Gasteiger partial charge in [-0.1, -0.05) is 0 Å². The molecule has 0 atom stereocenters. The van der Waals surface area contributed by atoms with E-state index in [4.69, 9.17) is 9.84 Å². The number of benzene rings is 1. The van der Waals surface area contributed by atoms with Crippen molar-refractivity contribution in [2.24, 2.45) is 0 Å². The summed E-state index contributed by atoms with van der Waals surface area (Å²) in [5.41, 5.74) is 2.67. The first kappa shape index (κ1) is 14.6. The summed E-state index contributed by atoms with van der Waals surface area (Å²) in [6.45, 7) is 4.46. The zero-order valence-electron chi connectivity index (χ0n) is 11.5. The lowest BCUT2D eigenvalue weighted by atomic mass is 10.1. The van der Waals surface area contributed by atoms with E-state index in [-0.39, 0.29) is 5.69 Å². The molecule has 0 aliphatic carbocycles. The number of carboxylic acid groups (broad SMARTS) is 1. The van der Waals surface area contributed by atoms with Gasteiger partial charge in [0.1, 0.15) is 5.75 Å². The van der Waals surface area contributed by atoms with Crippen LogP contribution in [0.5, 0.6) is 5.75 Å². The zero-order valence-corrected chi connectivity index (χ0v) is 13.1. The number of methoxy groups -OCH3 is 1. The summed E-state index contributed by atoms with van der Waals surface area (Å²) < 4.78 is 7.41. The fourth-order valence-corrected chi connectivity index (χ4v) is 2.79. The highest BCUT2D eigenvalue weighted by Crippen LogP contribution is 2.33. The predicted molar refractivity (Wildman–Crippen MR) is 79.3 cm³/mol. The molecule has 5 nitrogen and oxygen atoms in total. The molecule has 1 heterocycles. The third-order valence-electron chi connectivity index (χ3n) is 3.07. The van der Waals surface area contributed by atoms with Crippen LogP contribution in [0, 0.1) is 6.92 Å². The van der Waals surface area contributed by atoms with Crippen molar-refractivity contribution in [3.05, 3.63) is 33.9 Å². The minimum Gasteiger partial charge on any atom is -0.496 e. The topological polar surface area (TPSA) is 64.4 Å². The fraction of sp³-hybridized carbons (Fsp3) is 0.286. The Bertz CT molecular complexity index is 665. The van der Waals surface area contributed by atoms with Crippen molar-refractivity contribution in [2.45, 2.75) is 20.4 Å². The molecule has 0 unspecified atom stereocenters. The lowest BCUT2D eigenvalue weighted by Crippen LogP contribution is -2.02. The van der Waals surface area contributed by atoms with Gasteiger partial charge in [-0.05, 0) is 53.5 Å². The number of nitrogens with zero attached hydrogens (tertiary/aromatic N) is 2. The maximum absolute atomic E-state index is 11.2. The molecule has 0 spiro atoms. The highest BCUT2D eigenvalue weighted by atomic mass is 79.9. The molecule has 0 aliphatic heterocycles. The van der Waals surface area contributed by atoms with Crippen LogP contribution in [0.4, 0.5) is 0 Å². The van der Waals surface area contributed by atoms with Gasteiger partial charge in [-0.25, -0.2) is 4.79 Å². The first-order chi connectivity index (χ1) is 9.49. The largest absolute Gasteiger partial charge is 0.496 e. The molecule has 0 bridgehead atoms. The maximum Gasteiger partial charge on any atom is 0.357 e. The van der Waals surface area contributed by atoms with E-state index >= 15 is 0 Å². The van der Waals surface area contributed by atoms with Crippen LogP contribution in [0.3, 0.4) is 0 Å². The van der Waals surface area contributed by atoms with Crippen molar-refractivity contribution >= 4 is 21.9 Å². The molecule has 0 saturated carbocycles. The first-order valence-electron chi connectivity index (χ1n) is 6.14. The second-order valence-corrected chi connectivity index (χ2v) is 5.11. The van der Waals surface area contributed by atoms with Gasteiger partial charge in [0.15, 0.2) is 5.69 Å². The Morgan fingerprint density at radius 2 is 2.20 bits per heavy atom. The molecule has 20 heavy (non-hydrogen) atoms. The van der Waals surface area contributed by atoms with Crippen LogP contribution in [0.25, 0.3) is 11.3 Å². The number of hydrogen-bond acceptors (Lipinski definition) is 3. The van der Waals surface area contributed by atoms with Crippen molar-refractivity contribution < 1.29 is 14.6 Å². The summed E-state index contributed by atoms with van der Waals surface area (Å²) in [5.74, 6) is -0.249. The van der Waals surface area contributed by atoms with Gasteiger partial charge in [0.25, 0.3) is 0 Å². The molecule has 6 heteroatoms.